The average Bonchev–Trinajstić information content (AvgIpc) is 2.91. The topological polar surface area (TPSA) is 58.6 Å². The van der Waals surface area contributed by atoms with Crippen LogP contribution in [0.4, 0.5) is 0 Å². The van der Waals surface area contributed by atoms with E-state index in [0.29, 0.717) is 23.7 Å². The molecule has 2 heterocycles. The average molecular weight is 323 g/mol. The lowest BCUT2D eigenvalue weighted by atomic mass is 9.91. The van der Waals surface area contributed by atoms with Crippen LogP contribution in [0.1, 0.15) is 19.3 Å². The lowest BCUT2D eigenvalue weighted by Crippen LogP contribution is -2.49. The van der Waals surface area contributed by atoms with Crippen LogP contribution in [0.5, 0.6) is 5.75 Å². The first kappa shape index (κ1) is 15.2. The molecule has 2 amide bonds. The third kappa shape index (κ3) is 3.04. The molecule has 22 heavy (non-hydrogen) atoms. The van der Waals surface area contributed by atoms with Crippen LogP contribution in [0.25, 0.3) is 0 Å². The number of piperidine rings is 1. The first-order chi connectivity index (χ1) is 10.7. The van der Waals surface area contributed by atoms with Gasteiger partial charge in [-0.2, -0.15) is 0 Å². The predicted molar refractivity (Wildman–Crippen MR) is 82.8 cm³/mol. The number of para-hydroxylation sites is 1. The van der Waals surface area contributed by atoms with Crippen molar-refractivity contribution in [2.45, 2.75) is 25.3 Å². The fraction of sp³-hybridized carbons (Fsp3) is 0.500. The van der Waals surface area contributed by atoms with E-state index in [9.17, 15) is 9.59 Å². The highest BCUT2D eigenvalue weighted by Gasteiger charge is 2.42. The van der Waals surface area contributed by atoms with Crippen LogP contribution >= 0.6 is 11.6 Å². The summed E-state index contributed by atoms with van der Waals surface area (Å²) in [7, 11) is 0. The second kappa shape index (κ2) is 6.57. The van der Waals surface area contributed by atoms with E-state index in [1.165, 1.54) is 0 Å². The fourth-order valence-electron chi connectivity index (χ4n) is 3.21. The Morgan fingerprint density at radius 3 is 3.05 bits per heavy atom. The Morgan fingerprint density at radius 2 is 2.23 bits per heavy atom. The van der Waals surface area contributed by atoms with Gasteiger partial charge in [0.1, 0.15) is 5.75 Å². The molecule has 2 fully saturated rings. The second-order valence-electron chi connectivity index (χ2n) is 5.68. The molecule has 1 N–H and O–H groups in total. The maximum atomic E-state index is 12.4. The molecule has 0 bridgehead atoms. The van der Waals surface area contributed by atoms with Crippen LogP contribution < -0.4 is 10.1 Å². The highest BCUT2D eigenvalue weighted by atomic mass is 35.5. The molecule has 2 atom stereocenters. The molecule has 0 aliphatic carbocycles. The smallest absolute Gasteiger partial charge is 0.226 e. The van der Waals surface area contributed by atoms with E-state index >= 15 is 0 Å². The van der Waals surface area contributed by atoms with E-state index in [1.807, 2.05) is 17.0 Å². The number of hydrogen-bond donors (Lipinski definition) is 1. The van der Waals surface area contributed by atoms with E-state index in [1.54, 1.807) is 12.1 Å². The monoisotopic (exact) mass is 322 g/mol. The first-order valence-corrected chi connectivity index (χ1v) is 7.99. The number of ether oxygens (including phenoxy) is 1. The molecule has 2 aliphatic heterocycles. The van der Waals surface area contributed by atoms with Gasteiger partial charge >= 0.3 is 0 Å². The van der Waals surface area contributed by atoms with E-state index in [0.717, 1.165) is 19.4 Å². The molecular weight excluding hydrogens is 304 g/mol. The summed E-state index contributed by atoms with van der Waals surface area (Å²) in [5.41, 5.74) is 0. The van der Waals surface area contributed by atoms with Crippen molar-refractivity contribution in [2.24, 2.45) is 5.92 Å². The van der Waals surface area contributed by atoms with Gasteiger partial charge in [0, 0.05) is 13.1 Å². The van der Waals surface area contributed by atoms with E-state index in [-0.39, 0.29) is 30.4 Å². The summed E-state index contributed by atoms with van der Waals surface area (Å²) in [5, 5.41) is 3.39. The zero-order valence-electron chi connectivity index (χ0n) is 12.3. The lowest BCUT2D eigenvalue weighted by Gasteiger charge is -2.36. The van der Waals surface area contributed by atoms with Gasteiger partial charge in [-0.05, 0) is 25.0 Å². The highest BCUT2D eigenvalue weighted by molar-refractivity contribution is 6.32. The summed E-state index contributed by atoms with van der Waals surface area (Å²) < 4.78 is 5.57. The summed E-state index contributed by atoms with van der Waals surface area (Å²) in [4.78, 5) is 26.0. The molecule has 3 rings (SSSR count). The number of likely N-dealkylation sites (tertiary alicyclic amines) is 1. The molecule has 118 valence electrons. The molecule has 1 aromatic rings. The third-order valence-corrected chi connectivity index (χ3v) is 4.64. The van der Waals surface area contributed by atoms with Gasteiger partial charge in [-0.1, -0.05) is 23.7 Å². The summed E-state index contributed by atoms with van der Waals surface area (Å²) in [6.07, 6.45) is 2.05. The van der Waals surface area contributed by atoms with Crippen molar-refractivity contribution in [3.63, 3.8) is 0 Å². The van der Waals surface area contributed by atoms with Crippen LogP contribution in [0.3, 0.4) is 0 Å². The van der Waals surface area contributed by atoms with Gasteiger partial charge in [-0.15, -0.1) is 0 Å². The van der Waals surface area contributed by atoms with Gasteiger partial charge in [-0.3, -0.25) is 9.59 Å². The minimum absolute atomic E-state index is 0.00839. The molecule has 2 aliphatic rings. The van der Waals surface area contributed by atoms with Crippen molar-refractivity contribution in [1.29, 1.82) is 0 Å². The number of amides is 2. The fourth-order valence-corrected chi connectivity index (χ4v) is 3.41. The Labute approximate surface area is 134 Å². The number of benzene rings is 1. The SMILES string of the molecule is O=C1NC[C@@H]2[C@H]1CCCN2C(=O)CCOc1ccccc1Cl. The number of rotatable bonds is 4. The van der Waals surface area contributed by atoms with Gasteiger partial charge < -0.3 is 15.0 Å². The first-order valence-electron chi connectivity index (χ1n) is 7.61. The highest BCUT2D eigenvalue weighted by Crippen LogP contribution is 2.28. The normalized spacial score (nSPS) is 23.9. The number of hydrogen-bond acceptors (Lipinski definition) is 3. The van der Waals surface area contributed by atoms with Crippen molar-refractivity contribution >= 4 is 23.4 Å². The Hall–Kier alpha value is -1.75. The van der Waals surface area contributed by atoms with Crippen molar-refractivity contribution in [3.8, 4) is 5.75 Å². The van der Waals surface area contributed by atoms with Crippen LogP contribution in [0, 0.1) is 5.92 Å². The standard InChI is InChI=1S/C16H19ClN2O3/c17-12-5-1-2-6-14(12)22-9-7-15(20)19-8-3-4-11-13(19)10-18-16(11)21/h1-2,5-6,11,13H,3-4,7-10H2,(H,18,21)/t11-,13-/m1/s1. The minimum atomic E-state index is -0.0396. The maximum Gasteiger partial charge on any atom is 0.226 e. The molecular formula is C16H19ClN2O3. The Balaban J connectivity index is 1.54. The van der Waals surface area contributed by atoms with Crippen molar-refractivity contribution < 1.29 is 14.3 Å². The number of nitrogens with one attached hydrogen (secondary N) is 1. The minimum Gasteiger partial charge on any atom is -0.491 e. The van der Waals surface area contributed by atoms with Crippen molar-refractivity contribution in [2.75, 3.05) is 19.7 Å². The molecule has 5 nitrogen and oxygen atoms in total. The molecule has 0 unspecified atom stereocenters. The van der Waals surface area contributed by atoms with Gasteiger partial charge in [-0.25, -0.2) is 0 Å². The summed E-state index contributed by atoms with van der Waals surface area (Å²) >= 11 is 6.01. The second-order valence-corrected chi connectivity index (χ2v) is 6.08. The molecule has 0 saturated carbocycles. The van der Waals surface area contributed by atoms with Gasteiger partial charge in [0.15, 0.2) is 0 Å². The van der Waals surface area contributed by atoms with E-state index in [2.05, 4.69) is 5.32 Å². The largest absolute Gasteiger partial charge is 0.491 e. The number of fused-ring (bicyclic) bond motifs is 1. The van der Waals surface area contributed by atoms with Gasteiger partial charge in [0.05, 0.1) is 30.0 Å². The molecule has 0 spiro atoms. The molecule has 0 aromatic heterocycles. The van der Waals surface area contributed by atoms with Gasteiger partial charge in [0.25, 0.3) is 0 Å². The maximum absolute atomic E-state index is 12.4. The van der Waals surface area contributed by atoms with Crippen molar-refractivity contribution in [3.05, 3.63) is 29.3 Å². The van der Waals surface area contributed by atoms with Crippen LogP contribution in [0.15, 0.2) is 24.3 Å². The summed E-state index contributed by atoms with van der Waals surface area (Å²) in [6.45, 7) is 1.58. The van der Waals surface area contributed by atoms with E-state index in [4.69, 9.17) is 16.3 Å². The Bertz CT molecular complexity index is 578. The summed E-state index contributed by atoms with van der Waals surface area (Å²) in [5.74, 6) is 0.668. The number of nitrogens with zero attached hydrogens (tertiary/aromatic N) is 1. The van der Waals surface area contributed by atoms with Crippen LogP contribution in [0.2, 0.25) is 5.02 Å². The number of halogens is 1. The molecule has 1 aromatic carbocycles. The zero-order valence-corrected chi connectivity index (χ0v) is 13.0. The summed E-state index contributed by atoms with van der Waals surface area (Å²) in [6, 6.07) is 7.22. The number of carbonyl (C=O) groups excluding carboxylic acids is 2. The predicted octanol–water partition coefficient (Wildman–Crippen LogP) is 1.85. The molecule has 6 heteroatoms. The van der Waals surface area contributed by atoms with Crippen molar-refractivity contribution in [1.82, 2.24) is 10.2 Å². The lowest BCUT2D eigenvalue weighted by molar-refractivity contribution is -0.137. The van der Waals surface area contributed by atoms with Crippen LogP contribution in [-0.4, -0.2) is 42.5 Å². The quantitative estimate of drug-likeness (QED) is 0.920. The van der Waals surface area contributed by atoms with Crippen LogP contribution in [-0.2, 0) is 9.59 Å². The van der Waals surface area contributed by atoms with Gasteiger partial charge in [0.2, 0.25) is 11.8 Å². The third-order valence-electron chi connectivity index (χ3n) is 4.33. The Morgan fingerprint density at radius 1 is 1.41 bits per heavy atom. The van der Waals surface area contributed by atoms with E-state index < -0.39 is 0 Å². The number of carbonyl (C=O) groups is 2. The Kier molecular flexibility index (Phi) is 4.52. The zero-order chi connectivity index (χ0) is 15.5. The molecule has 0 radical (unpaired) electrons. The molecule has 2 saturated heterocycles.